The number of phenolic OH excluding ortho intramolecular Hbond substituents is 4. The first kappa shape index (κ1) is 37.5. The normalized spacial score (nSPS) is 12.5. The molecule has 0 fully saturated rings. The van der Waals surface area contributed by atoms with E-state index in [1.807, 2.05) is 48.5 Å². The molecule has 9 rings (SSSR count). The number of aromatic hydroxyl groups is 4. The van der Waals surface area contributed by atoms with Crippen molar-refractivity contribution in [3.8, 4) is 46.0 Å². The van der Waals surface area contributed by atoms with Gasteiger partial charge < -0.3 is 59.3 Å². The SMILES string of the molecule is COc1ccc(C2=c3ccc([nH]3)=C(c3ccc(OC)cc3O)c3ccc([nH]3)C(c3ccc(OC)cc3O)=c3ccc([nH]3)=C(c3ccc(OC)cc3O)c3ccc2[nH]3)c(O)c1. The molecule has 0 saturated heterocycles. The zero-order valence-corrected chi connectivity index (χ0v) is 33.0. The molecular weight excluding hydrogens is 761 g/mol. The first-order valence-electron chi connectivity index (χ1n) is 18.9. The molecule has 4 aromatic heterocycles. The Bertz CT molecular complexity index is 2800. The molecule has 60 heavy (non-hydrogen) atoms. The van der Waals surface area contributed by atoms with E-state index < -0.39 is 0 Å². The van der Waals surface area contributed by atoms with Gasteiger partial charge in [0.2, 0.25) is 0 Å². The molecule has 12 heteroatoms. The van der Waals surface area contributed by atoms with Gasteiger partial charge in [-0.25, -0.2) is 0 Å². The van der Waals surface area contributed by atoms with Gasteiger partial charge in [0.1, 0.15) is 46.0 Å². The van der Waals surface area contributed by atoms with E-state index in [1.54, 1.807) is 101 Å². The fourth-order valence-electron chi connectivity index (χ4n) is 7.89. The highest BCUT2D eigenvalue weighted by molar-refractivity contribution is 5.88. The molecule has 8 bridgehead atoms. The molecule has 8 aromatic rings. The molecule has 0 atom stereocenters. The zero-order valence-electron chi connectivity index (χ0n) is 33.0. The number of benzene rings is 4. The largest absolute Gasteiger partial charge is 0.507 e. The Morgan fingerprint density at radius 3 is 0.733 bits per heavy atom. The highest BCUT2D eigenvalue weighted by Gasteiger charge is 2.22. The van der Waals surface area contributed by atoms with E-state index >= 15 is 0 Å². The number of hydrogen-bond donors (Lipinski definition) is 8. The molecule has 0 amide bonds. The van der Waals surface area contributed by atoms with Gasteiger partial charge in [-0.15, -0.1) is 0 Å². The number of ether oxygens (including phenoxy) is 4. The molecule has 12 nitrogen and oxygen atoms in total. The number of aromatic nitrogens is 4. The van der Waals surface area contributed by atoms with Crippen LogP contribution in [0.5, 0.6) is 46.0 Å². The Kier molecular flexibility index (Phi) is 9.36. The van der Waals surface area contributed by atoms with Crippen molar-refractivity contribution in [2.24, 2.45) is 0 Å². The molecule has 1 aliphatic rings. The number of rotatable bonds is 8. The van der Waals surface area contributed by atoms with Crippen molar-refractivity contribution in [1.29, 1.82) is 0 Å². The highest BCUT2D eigenvalue weighted by Crippen LogP contribution is 2.37. The summed E-state index contributed by atoms with van der Waals surface area (Å²) in [6, 6.07) is 35.9. The average Bonchev–Trinajstić information content (AvgIpc) is 4.10. The lowest BCUT2D eigenvalue weighted by atomic mass is 10.0. The Labute approximate surface area is 342 Å². The van der Waals surface area contributed by atoms with Gasteiger partial charge in [-0.1, -0.05) is 0 Å². The predicted octanol–water partition coefficient (Wildman–Crippen LogP) is 5.16. The van der Waals surface area contributed by atoms with Crippen LogP contribution in [0.2, 0.25) is 0 Å². The first-order valence-corrected chi connectivity index (χ1v) is 18.9. The van der Waals surface area contributed by atoms with Crippen LogP contribution in [-0.4, -0.2) is 68.8 Å². The Hall–Kier alpha value is -8.12. The lowest BCUT2D eigenvalue weighted by Gasteiger charge is -2.13. The molecule has 0 aliphatic carbocycles. The van der Waals surface area contributed by atoms with Crippen LogP contribution in [0.15, 0.2) is 121 Å². The maximum Gasteiger partial charge on any atom is 0.127 e. The van der Waals surface area contributed by atoms with Crippen LogP contribution < -0.4 is 40.3 Å². The van der Waals surface area contributed by atoms with E-state index in [1.165, 1.54) is 0 Å². The van der Waals surface area contributed by atoms with Gasteiger partial charge in [0.15, 0.2) is 0 Å². The molecule has 0 spiro atoms. The van der Waals surface area contributed by atoms with Gasteiger partial charge in [0.05, 0.1) is 28.4 Å². The molecule has 5 heterocycles. The minimum absolute atomic E-state index is 0.00655. The standard InChI is InChI=1S/C48H40N4O8/c1-57-25-5-9-29(41(53)21-25)45-33-13-15-35(49-33)46(30-10-6-26(58-2)22-42(30)54)37-17-19-39(51-37)48(32-12-8-28(60-4)24-44(32)56)40-20-18-38(52-40)47(36-16-14-34(45)50-36)31-11-7-27(59-3)23-43(31)55/h5-24,49-56H,1-4H3. The number of methoxy groups -OCH3 is 4. The van der Waals surface area contributed by atoms with E-state index in [0.717, 1.165) is 0 Å². The second kappa shape index (κ2) is 15.0. The minimum Gasteiger partial charge on any atom is -0.507 e. The van der Waals surface area contributed by atoms with Crippen molar-refractivity contribution in [3.63, 3.8) is 0 Å². The maximum atomic E-state index is 11.5. The Morgan fingerprint density at radius 2 is 0.533 bits per heavy atom. The summed E-state index contributed by atoms with van der Waals surface area (Å²) in [6.45, 7) is 0. The third-order valence-electron chi connectivity index (χ3n) is 10.8. The minimum atomic E-state index is -0.00655. The second-order valence-electron chi connectivity index (χ2n) is 14.2. The van der Waals surface area contributed by atoms with Gasteiger partial charge in [0, 0.05) is 113 Å². The third-order valence-corrected chi connectivity index (χ3v) is 10.8. The van der Waals surface area contributed by atoms with Crippen LogP contribution in [0.4, 0.5) is 0 Å². The van der Waals surface area contributed by atoms with Gasteiger partial charge in [-0.3, -0.25) is 0 Å². The predicted molar refractivity (Wildman–Crippen MR) is 227 cm³/mol. The quantitative estimate of drug-likeness (QED) is 0.104. The summed E-state index contributed by atoms with van der Waals surface area (Å²) in [5.41, 5.74) is 7.22. The van der Waals surface area contributed by atoms with Gasteiger partial charge in [-0.05, 0) is 97.1 Å². The molecule has 0 unspecified atom stereocenters. The summed E-state index contributed by atoms with van der Waals surface area (Å²) in [5, 5.41) is 48.6. The van der Waals surface area contributed by atoms with E-state index in [9.17, 15) is 20.4 Å². The van der Waals surface area contributed by atoms with Crippen molar-refractivity contribution in [3.05, 3.63) is 188 Å². The number of fused-ring (bicyclic) bond motifs is 8. The van der Waals surface area contributed by atoms with Crippen LogP contribution in [-0.2, 0) is 0 Å². The van der Waals surface area contributed by atoms with E-state index in [0.29, 0.717) is 112 Å². The molecule has 0 saturated carbocycles. The van der Waals surface area contributed by atoms with Crippen molar-refractivity contribution < 1.29 is 39.4 Å². The second-order valence-corrected chi connectivity index (χ2v) is 14.2. The molecule has 0 radical (unpaired) electrons. The maximum absolute atomic E-state index is 11.5. The molecule has 4 aromatic carbocycles. The third kappa shape index (κ3) is 6.45. The average molecular weight is 801 g/mol. The summed E-state index contributed by atoms with van der Waals surface area (Å²) in [7, 11) is 6.16. The van der Waals surface area contributed by atoms with Gasteiger partial charge in [0.25, 0.3) is 0 Å². The number of hydrogen-bond acceptors (Lipinski definition) is 8. The lowest BCUT2D eigenvalue weighted by molar-refractivity contribution is 0.407. The fraction of sp³-hybridized carbons (Fsp3) is 0.0833. The number of phenols is 4. The van der Waals surface area contributed by atoms with Crippen molar-refractivity contribution in [1.82, 2.24) is 19.9 Å². The van der Waals surface area contributed by atoms with Crippen molar-refractivity contribution >= 4 is 22.3 Å². The van der Waals surface area contributed by atoms with E-state index in [4.69, 9.17) is 18.9 Å². The first-order chi connectivity index (χ1) is 29.2. The van der Waals surface area contributed by atoms with Crippen LogP contribution in [0.25, 0.3) is 22.3 Å². The highest BCUT2D eigenvalue weighted by atomic mass is 16.5. The summed E-state index contributed by atoms with van der Waals surface area (Å²) >= 11 is 0. The van der Waals surface area contributed by atoms with Crippen LogP contribution in [0.1, 0.15) is 45.0 Å². The summed E-state index contributed by atoms with van der Waals surface area (Å²) in [6.07, 6.45) is 0. The van der Waals surface area contributed by atoms with Crippen LogP contribution in [0.3, 0.4) is 0 Å². The topological polar surface area (TPSA) is 181 Å². The summed E-state index contributed by atoms with van der Waals surface area (Å²) in [4.78, 5) is 14.4. The van der Waals surface area contributed by atoms with Crippen molar-refractivity contribution in [2.75, 3.05) is 28.4 Å². The smallest absolute Gasteiger partial charge is 0.127 e. The zero-order chi connectivity index (χ0) is 41.7. The number of aromatic amines is 4. The molecule has 1 aliphatic heterocycles. The van der Waals surface area contributed by atoms with Gasteiger partial charge >= 0.3 is 0 Å². The summed E-state index contributed by atoms with van der Waals surface area (Å²) < 4.78 is 21.7. The summed E-state index contributed by atoms with van der Waals surface area (Å²) in [5.74, 6) is 1.94. The molecule has 300 valence electrons. The van der Waals surface area contributed by atoms with E-state index in [2.05, 4.69) is 19.9 Å². The monoisotopic (exact) mass is 800 g/mol. The number of nitrogens with one attached hydrogen (secondary N) is 4. The van der Waals surface area contributed by atoms with Gasteiger partial charge in [-0.2, -0.15) is 0 Å². The Balaban J connectivity index is 1.44. The molecule has 8 N–H and O–H groups in total. The lowest BCUT2D eigenvalue weighted by Crippen LogP contribution is -2.19. The number of H-pyrrole nitrogens is 4. The Morgan fingerprint density at radius 1 is 0.300 bits per heavy atom. The van der Waals surface area contributed by atoms with Crippen LogP contribution >= 0.6 is 0 Å². The van der Waals surface area contributed by atoms with Crippen molar-refractivity contribution in [2.45, 2.75) is 0 Å². The van der Waals surface area contributed by atoms with Crippen LogP contribution in [0, 0.1) is 0 Å². The van der Waals surface area contributed by atoms with E-state index in [-0.39, 0.29) is 23.0 Å². The molecular formula is C48H40N4O8. The fourth-order valence-corrected chi connectivity index (χ4v) is 7.89.